The number of aryl methyl sites for hydroxylation is 2. The first-order valence-corrected chi connectivity index (χ1v) is 23.6. The number of Topliss-reactive ketones (excluding diaryl/α,β-unsaturated/α-hetero) is 2. The first-order chi connectivity index (χ1) is 35.5. The number of halogens is 12. The Labute approximate surface area is 427 Å². The van der Waals surface area contributed by atoms with E-state index in [-0.39, 0.29) is 95.4 Å². The van der Waals surface area contributed by atoms with Gasteiger partial charge in [0.2, 0.25) is 23.6 Å². The summed E-state index contributed by atoms with van der Waals surface area (Å²) < 4.78 is 158. The second-order valence-corrected chi connectivity index (χ2v) is 17.8. The van der Waals surface area contributed by atoms with Crippen molar-refractivity contribution < 1.29 is 86.7 Å². The summed E-state index contributed by atoms with van der Waals surface area (Å²) in [4.78, 5) is 72.5. The summed E-state index contributed by atoms with van der Waals surface area (Å²) in [6.07, 6.45) is -12.4. The molecule has 408 valence electrons. The molecule has 0 atom stereocenters. The molecule has 0 radical (unpaired) electrons. The summed E-state index contributed by atoms with van der Waals surface area (Å²) in [5.74, 6) is -2.07. The number of allylic oxidation sites excluding steroid dienone is 2. The minimum atomic E-state index is -4.99. The number of anilines is 2. The molecule has 0 heterocycles. The molecule has 2 aliphatic carbocycles. The number of hydrogen-bond donors (Lipinski definition) is 5. The number of carbonyl (C=O) groups is 6. The minimum absolute atomic E-state index is 0.0333. The first-order valence-electron chi connectivity index (χ1n) is 23.6. The van der Waals surface area contributed by atoms with Crippen LogP contribution in [0.2, 0.25) is 0 Å². The average Bonchev–Trinajstić information content (AvgIpc) is 3.34. The van der Waals surface area contributed by atoms with Gasteiger partial charge in [0, 0.05) is 66.4 Å². The number of nitrogens with one attached hydrogen (secondary N) is 4. The lowest BCUT2D eigenvalue weighted by atomic mass is 9.85. The zero-order valence-corrected chi connectivity index (χ0v) is 40.4. The van der Waals surface area contributed by atoms with Gasteiger partial charge in [0.1, 0.15) is 0 Å². The van der Waals surface area contributed by atoms with E-state index >= 15 is 0 Å². The van der Waals surface area contributed by atoms with E-state index in [4.69, 9.17) is 5.21 Å². The average molecular weight is 1080 g/mol. The molecule has 11 nitrogen and oxygen atoms in total. The van der Waals surface area contributed by atoms with E-state index in [2.05, 4.69) is 16.0 Å². The Morgan fingerprint density at radius 3 is 1.11 bits per heavy atom. The summed E-state index contributed by atoms with van der Waals surface area (Å²) in [6.45, 7) is 0. The van der Waals surface area contributed by atoms with Crippen LogP contribution in [0.15, 0.2) is 83.9 Å². The van der Waals surface area contributed by atoms with Crippen molar-refractivity contribution in [2.75, 3.05) is 17.7 Å². The fraction of sp³-hybridized carbons (Fsp3) is 0.358. The molecule has 6 rings (SSSR count). The highest BCUT2D eigenvalue weighted by molar-refractivity contribution is 6.14. The SMILES string of the molecule is CNC(=O)CCCCCC(=O)Nc1ccc2c(c1)CC/C(=C\c1cc(C(F)(F)F)cc(C(F)(F)F)c1)C2=O.O=C(CCCCCC(=O)Nc1ccc2c(c1)CC/C(=C\c1cc(C(F)(F)F)cc(C(F)(F)F)c1)C2=O)NO. The highest BCUT2D eigenvalue weighted by Crippen LogP contribution is 2.40. The number of amides is 4. The molecule has 0 spiro atoms. The molecule has 2 aliphatic rings. The van der Waals surface area contributed by atoms with Crippen molar-refractivity contribution in [1.82, 2.24) is 10.8 Å². The van der Waals surface area contributed by atoms with Gasteiger partial charge in [-0.25, -0.2) is 5.48 Å². The summed E-state index contributed by atoms with van der Waals surface area (Å²) in [5.41, 5.74) is -2.18. The lowest BCUT2D eigenvalue weighted by molar-refractivity contribution is -0.144. The monoisotopic (exact) mass is 1080 g/mol. The van der Waals surface area contributed by atoms with E-state index in [1.807, 2.05) is 0 Å². The van der Waals surface area contributed by atoms with Crippen molar-refractivity contribution >= 4 is 58.7 Å². The van der Waals surface area contributed by atoms with E-state index < -0.39 is 64.4 Å². The number of ketones is 2. The van der Waals surface area contributed by atoms with Crippen LogP contribution in [0.3, 0.4) is 0 Å². The Balaban J connectivity index is 0.000000281. The summed E-state index contributed by atoms with van der Waals surface area (Å²) >= 11 is 0. The highest BCUT2D eigenvalue weighted by atomic mass is 19.4. The number of rotatable bonds is 16. The van der Waals surface area contributed by atoms with Crippen LogP contribution in [0.4, 0.5) is 64.1 Å². The number of fused-ring (bicyclic) bond motifs is 2. The highest BCUT2D eigenvalue weighted by Gasteiger charge is 2.38. The number of benzene rings is 4. The van der Waals surface area contributed by atoms with E-state index in [1.54, 1.807) is 19.2 Å². The van der Waals surface area contributed by atoms with Crippen LogP contribution in [0.1, 0.15) is 142 Å². The molecule has 0 unspecified atom stereocenters. The number of hydroxylamine groups is 1. The van der Waals surface area contributed by atoms with Gasteiger partial charge in [-0.05, 0) is 159 Å². The van der Waals surface area contributed by atoms with Crippen LogP contribution < -0.4 is 21.4 Å². The summed E-state index contributed by atoms with van der Waals surface area (Å²) in [7, 11) is 1.56. The molecule has 0 saturated heterocycles. The van der Waals surface area contributed by atoms with Crippen molar-refractivity contribution in [3.63, 3.8) is 0 Å². The predicted octanol–water partition coefficient (Wildman–Crippen LogP) is 12.9. The molecular formula is C53H50F12N4O7. The molecule has 5 N–H and O–H groups in total. The molecule has 0 fully saturated rings. The Hall–Kier alpha value is -7.30. The number of hydrogen-bond acceptors (Lipinski definition) is 7. The Kier molecular flexibility index (Phi) is 20.0. The molecule has 4 aromatic rings. The second kappa shape index (κ2) is 25.5. The standard InChI is InChI=1S/C27H26F6N2O3.C26H24F6N2O4/c1-34-23(36)5-3-2-4-6-24(37)35-21-9-10-22-17(14-21)7-8-18(25(22)38)11-16-12-19(26(28,29)30)15-20(13-16)27(31,32)33;27-25(28,29)18-11-15(12-19(14-18)26(30,31)32)10-17-7-6-16-13-20(8-9-21(16)24(17)37)33-22(35)4-2-1-3-5-23(36)34-38/h9-15H,2-8H2,1H3,(H,34,36)(H,35,37);8-14,38H,1-7H2,(H,33,35)(H,34,36)/b18-11+;17-10+. The van der Waals surface area contributed by atoms with Gasteiger partial charge in [-0.15, -0.1) is 0 Å². The van der Waals surface area contributed by atoms with E-state index in [0.717, 1.165) is 12.2 Å². The number of unbranched alkanes of at least 4 members (excludes halogenated alkanes) is 4. The van der Waals surface area contributed by atoms with Crippen LogP contribution in [-0.4, -0.2) is 47.5 Å². The topological polar surface area (TPSA) is 171 Å². The van der Waals surface area contributed by atoms with Crippen molar-refractivity contribution in [1.29, 1.82) is 0 Å². The second-order valence-electron chi connectivity index (χ2n) is 17.8. The van der Waals surface area contributed by atoms with Gasteiger partial charge in [0.15, 0.2) is 11.6 Å². The third-order valence-corrected chi connectivity index (χ3v) is 12.1. The predicted molar refractivity (Wildman–Crippen MR) is 254 cm³/mol. The Morgan fingerprint density at radius 2 is 0.789 bits per heavy atom. The zero-order valence-electron chi connectivity index (χ0n) is 40.4. The maximum absolute atomic E-state index is 13.2. The molecular weight excluding hydrogens is 1030 g/mol. The fourth-order valence-corrected chi connectivity index (χ4v) is 8.24. The Bertz CT molecular complexity index is 2630. The van der Waals surface area contributed by atoms with Gasteiger partial charge >= 0.3 is 24.7 Å². The van der Waals surface area contributed by atoms with Gasteiger partial charge in [0.05, 0.1) is 22.3 Å². The Morgan fingerprint density at radius 1 is 0.461 bits per heavy atom. The van der Waals surface area contributed by atoms with Crippen LogP contribution >= 0.6 is 0 Å². The van der Waals surface area contributed by atoms with Crippen LogP contribution in [-0.2, 0) is 56.7 Å². The van der Waals surface area contributed by atoms with Gasteiger partial charge < -0.3 is 16.0 Å². The van der Waals surface area contributed by atoms with Crippen molar-refractivity contribution in [2.24, 2.45) is 0 Å². The van der Waals surface area contributed by atoms with Crippen molar-refractivity contribution in [2.45, 2.75) is 115 Å². The zero-order chi connectivity index (χ0) is 56.2. The molecule has 0 aliphatic heterocycles. The van der Waals surface area contributed by atoms with E-state index in [9.17, 15) is 81.5 Å². The van der Waals surface area contributed by atoms with Gasteiger partial charge in [-0.3, -0.25) is 34.0 Å². The van der Waals surface area contributed by atoms with Crippen LogP contribution in [0, 0.1) is 0 Å². The van der Waals surface area contributed by atoms with E-state index in [0.29, 0.717) is 105 Å². The third-order valence-electron chi connectivity index (χ3n) is 12.1. The quantitative estimate of drug-likeness (QED) is 0.0244. The van der Waals surface area contributed by atoms with Crippen molar-refractivity contribution in [3.05, 3.63) is 140 Å². The smallest absolute Gasteiger partial charge is 0.359 e. The summed E-state index contributed by atoms with van der Waals surface area (Å²) in [6, 6.07) is 11.6. The summed E-state index contributed by atoms with van der Waals surface area (Å²) in [5, 5.41) is 16.4. The minimum Gasteiger partial charge on any atom is -0.359 e. The van der Waals surface area contributed by atoms with Crippen LogP contribution in [0.25, 0.3) is 12.2 Å². The fourth-order valence-electron chi connectivity index (χ4n) is 8.24. The van der Waals surface area contributed by atoms with E-state index in [1.165, 1.54) is 29.7 Å². The largest absolute Gasteiger partial charge is 0.416 e. The molecule has 23 heteroatoms. The maximum atomic E-state index is 13.2. The van der Waals surface area contributed by atoms with Gasteiger partial charge in [0.25, 0.3) is 0 Å². The third kappa shape index (κ3) is 17.4. The maximum Gasteiger partial charge on any atom is 0.416 e. The molecule has 76 heavy (non-hydrogen) atoms. The van der Waals surface area contributed by atoms with Gasteiger partial charge in [-0.2, -0.15) is 52.7 Å². The normalized spacial score (nSPS) is 14.8. The molecule has 0 bridgehead atoms. The number of alkyl halides is 12. The molecule has 4 amide bonds. The molecule has 4 aromatic carbocycles. The first kappa shape index (κ1) is 59.6. The van der Waals surface area contributed by atoms with Gasteiger partial charge in [-0.1, -0.05) is 12.8 Å². The number of carbonyl (C=O) groups excluding carboxylic acids is 6. The van der Waals surface area contributed by atoms with Crippen molar-refractivity contribution in [3.8, 4) is 0 Å². The van der Waals surface area contributed by atoms with Crippen LogP contribution in [0.5, 0.6) is 0 Å². The molecule has 0 aromatic heterocycles. The lowest BCUT2D eigenvalue weighted by Crippen LogP contribution is -2.18. The molecule has 0 saturated carbocycles. The lowest BCUT2D eigenvalue weighted by Gasteiger charge is -2.19.